The van der Waals surface area contributed by atoms with Gasteiger partial charge in [0.15, 0.2) is 5.67 Å². The van der Waals surface area contributed by atoms with Gasteiger partial charge in [-0.1, -0.05) is 6.08 Å². The van der Waals surface area contributed by atoms with Gasteiger partial charge >= 0.3 is 6.18 Å². The van der Waals surface area contributed by atoms with Crippen molar-refractivity contribution in [1.82, 2.24) is 0 Å². The highest BCUT2D eigenvalue weighted by Gasteiger charge is 2.61. The first-order valence-electron chi connectivity index (χ1n) is 11.2. The lowest BCUT2D eigenvalue weighted by atomic mass is 9.66. The van der Waals surface area contributed by atoms with Crippen molar-refractivity contribution < 1.29 is 39.9 Å². The van der Waals surface area contributed by atoms with Gasteiger partial charge in [0.2, 0.25) is 0 Å². The number of methoxy groups -OCH3 is 1. The molecule has 0 aliphatic heterocycles. The lowest BCUT2D eigenvalue weighted by Gasteiger charge is -2.41. The molecule has 0 radical (unpaired) electrons. The molecule has 3 atom stereocenters. The molecule has 1 nitrogen and oxygen atoms in total. The number of hydrogen-bond donors (Lipinski definition) is 0. The van der Waals surface area contributed by atoms with Crippen LogP contribution >= 0.6 is 0 Å². The van der Waals surface area contributed by atoms with Crippen molar-refractivity contribution in [3.05, 3.63) is 24.1 Å². The van der Waals surface area contributed by atoms with Gasteiger partial charge in [-0.15, -0.1) is 0 Å². The Morgan fingerprint density at radius 2 is 1.50 bits per heavy atom. The van der Waals surface area contributed by atoms with E-state index in [0.717, 1.165) is 45.1 Å². The summed E-state index contributed by atoms with van der Waals surface area (Å²) in [6, 6.07) is 0. The molecule has 0 spiro atoms. The van der Waals surface area contributed by atoms with Crippen molar-refractivity contribution in [1.29, 1.82) is 0 Å². The van der Waals surface area contributed by atoms with E-state index < -0.39 is 41.6 Å². The molecule has 3 unspecified atom stereocenters. The minimum Gasteiger partial charge on any atom is -0.384 e. The minimum absolute atomic E-state index is 0.329. The second-order valence-electron chi connectivity index (χ2n) is 9.62. The highest BCUT2D eigenvalue weighted by atomic mass is 19.4. The van der Waals surface area contributed by atoms with E-state index in [4.69, 9.17) is 4.74 Å². The molecular weight excluding hydrogens is 444 g/mol. The van der Waals surface area contributed by atoms with Crippen LogP contribution in [0.2, 0.25) is 0 Å². The van der Waals surface area contributed by atoms with E-state index in [-0.39, 0.29) is 0 Å². The van der Waals surface area contributed by atoms with Gasteiger partial charge in [-0.05, 0) is 81.3 Å². The third-order valence-electron chi connectivity index (χ3n) is 7.60. The first kappa shape index (κ1) is 25.5. The topological polar surface area (TPSA) is 9.23 Å². The van der Waals surface area contributed by atoms with E-state index >= 15 is 4.39 Å². The van der Waals surface area contributed by atoms with Gasteiger partial charge < -0.3 is 4.74 Å². The van der Waals surface area contributed by atoms with Crippen LogP contribution in [-0.4, -0.2) is 37.7 Å². The summed E-state index contributed by atoms with van der Waals surface area (Å²) in [4.78, 5) is 0. The zero-order chi connectivity index (χ0) is 23.7. The van der Waals surface area contributed by atoms with Gasteiger partial charge in [0, 0.05) is 19.6 Å². The fourth-order valence-electron chi connectivity index (χ4n) is 5.72. The standard InChI is InChI=1S/C23H30F8O/c1-32-13-14-2-4-15(5-3-14)16-6-8-17(9-7-16)21(26)11-10-18(19(24)12-21)22(27,28)20(25)23(29,30)31/h10-12,14-18,20H,2-9,13H2,1H3. The van der Waals surface area contributed by atoms with E-state index in [1.165, 1.54) is 0 Å². The molecule has 3 rings (SSSR count). The van der Waals surface area contributed by atoms with E-state index in [1.54, 1.807) is 7.11 Å². The van der Waals surface area contributed by atoms with Gasteiger partial charge in [-0.3, -0.25) is 0 Å². The molecule has 0 amide bonds. The van der Waals surface area contributed by atoms with Crippen molar-refractivity contribution in [3.63, 3.8) is 0 Å². The van der Waals surface area contributed by atoms with E-state index in [9.17, 15) is 30.7 Å². The van der Waals surface area contributed by atoms with E-state index in [2.05, 4.69) is 0 Å². The summed E-state index contributed by atoms with van der Waals surface area (Å²) in [5, 5.41) is 0. The molecule has 0 heterocycles. The van der Waals surface area contributed by atoms with Crippen molar-refractivity contribution in [2.24, 2.45) is 29.6 Å². The first-order chi connectivity index (χ1) is 14.9. The summed E-state index contributed by atoms with van der Waals surface area (Å²) in [5.74, 6) is -8.71. The number of rotatable bonds is 6. The second kappa shape index (κ2) is 9.63. The maximum Gasteiger partial charge on any atom is 0.425 e. The number of halogens is 8. The van der Waals surface area contributed by atoms with Crippen molar-refractivity contribution in [2.75, 3.05) is 13.7 Å². The fraction of sp³-hybridized carbons (Fsp3) is 0.826. The largest absolute Gasteiger partial charge is 0.425 e. The number of hydrogen-bond acceptors (Lipinski definition) is 1. The molecule has 0 aromatic carbocycles. The van der Waals surface area contributed by atoms with E-state index in [1.807, 2.05) is 0 Å². The van der Waals surface area contributed by atoms with Gasteiger partial charge in [0.1, 0.15) is 5.83 Å². The normalized spacial score (nSPS) is 37.8. The quantitative estimate of drug-likeness (QED) is 0.286. The highest BCUT2D eigenvalue weighted by Crippen LogP contribution is 2.50. The molecule has 9 heteroatoms. The van der Waals surface area contributed by atoms with Crippen LogP contribution in [0.3, 0.4) is 0 Å². The average molecular weight is 474 g/mol. The summed E-state index contributed by atoms with van der Waals surface area (Å²) >= 11 is 0. The molecule has 0 aromatic rings. The molecule has 3 aliphatic rings. The maximum absolute atomic E-state index is 15.4. The van der Waals surface area contributed by atoms with Crippen molar-refractivity contribution in [3.8, 4) is 0 Å². The first-order valence-corrected chi connectivity index (χ1v) is 11.2. The fourth-order valence-corrected chi connectivity index (χ4v) is 5.72. The summed E-state index contributed by atoms with van der Waals surface area (Å²) in [5.41, 5.74) is -2.36. The molecule has 32 heavy (non-hydrogen) atoms. The van der Waals surface area contributed by atoms with Crippen LogP contribution in [0.15, 0.2) is 24.1 Å². The summed E-state index contributed by atoms with van der Waals surface area (Å²) in [6.07, 6.45) is -2.32. The second-order valence-corrected chi connectivity index (χ2v) is 9.62. The Morgan fingerprint density at radius 1 is 0.969 bits per heavy atom. The zero-order valence-electron chi connectivity index (χ0n) is 18.0. The molecule has 0 N–H and O–H groups in total. The Morgan fingerprint density at radius 3 is 1.97 bits per heavy atom. The van der Waals surface area contributed by atoms with Crippen LogP contribution in [0, 0.1) is 29.6 Å². The average Bonchev–Trinajstić information content (AvgIpc) is 2.73. The Balaban J connectivity index is 1.59. The summed E-state index contributed by atoms with van der Waals surface area (Å²) in [6.45, 7) is 0.750. The Hall–Kier alpha value is -1.12. The maximum atomic E-state index is 15.4. The van der Waals surface area contributed by atoms with Crippen LogP contribution in [0.1, 0.15) is 51.4 Å². The number of allylic oxidation sites excluding steroid dienone is 4. The van der Waals surface area contributed by atoms with Gasteiger partial charge in [0.25, 0.3) is 12.1 Å². The number of alkyl halides is 7. The third kappa shape index (κ3) is 5.33. The number of ether oxygens (including phenoxy) is 1. The molecule has 2 fully saturated rings. The van der Waals surface area contributed by atoms with Crippen LogP contribution < -0.4 is 0 Å². The SMILES string of the molecule is COCC1CCC(C2CCC(C3(F)C=CC(C(F)(F)C(F)C(F)(F)F)C(F)=C3)CC2)CC1. The monoisotopic (exact) mass is 474 g/mol. The highest BCUT2D eigenvalue weighted by molar-refractivity contribution is 5.30. The van der Waals surface area contributed by atoms with Gasteiger partial charge in [-0.25, -0.2) is 22.0 Å². The lowest BCUT2D eigenvalue weighted by Crippen LogP contribution is -2.48. The predicted molar refractivity (Wildman–Crippen MR) is 104 cm³/mol. The summed E-state index contributed by atoms with van der Waals surface area (Å²) < 4.78 is 113. The Kier molecular flexibility index (Phi) is 7.67. The van der Waals surface area contributed by atoms with Crippen LogP contribution in [0.4, 0.5) is 35.1 Å². The van der Waals surface area contributed by atoms with Crippen LogP contribution in [0.25, 0.3) is 0 Å². The zero-order valence-corrected chi connectivity index (χ0v) is 18.0. The van der Waals surface area contributed by atoms with Crippen molar-refractivity contribution >= 4 is 0 Å². The smallest absolute Gasteiger partial charge is 0.384 e. The third-order valence-corrected chi connectivity index (χ3v) is 7.60. The van der Waals surface area contributed by atoms with Crippen LogP contribution in [-0.2, 0) is 4.74 Å². The molecule has 0 saturated heterocycles. The van der Waals surface area contributed by atoms with Crippen LogP contribution in [0.5, 0.6) is 0 Å². The Bertz CT molecular complexity index is 687. The molecule has 184 valence electrons. The molecule has 0 bridgehead atoms. The van der Waals surface area contributed by atoms with Gasteiger partial charge in [-0.2, -0.15) is 13.2 Å². The lowest BCUT2D eigenvalue weighted by molar-refractivity contribution is -0.252. The van der Waals surface area contributed by atoms with E-state index in [0.29, 0.717) is 48.8 Å². The molecular formula is C23H30F8O. The van der Waals surface area contributed by atoms with Gasteiger partial charge in [0.05, 0.1) is 5.92 Å². The molecule has 3 aliphatic carbocycles. The molecule has 0 aromatic heterocycles. The van der Waals surface area contributed by atoms with Crippen molar-refractivity contribution in [2.45, 2.75) is 75.3 Å². The predicted octanol–water partition coefficient (Wildman–Crippen LogP) is 7.53. The molecule has 2 saturated carbocycles. The minimum atomic E-state index is -5.84. The summed E-state index contributed by atoms with van der Waals surface area (Å²) in [7, 11) is 1.69. The Labute approximate surface area is 183 Å².